The Hall–Kier alpha value is -1.09. The summed E-state index contributed by atoms with van der Waals surface area (Å²) in [6, 6.07) is 4.13. The van der Waals surface area contributed by atoms with Crippen molar-refractivity contribution in [3.05, 3.63) is 24.0 Å². The number of nitrogens with one attached hydrogen (secondary N) is 1. The van der Waals surface area contributed by atoms with Gasteiger partial charge in [-0.25, -0.2) is 0 Å². The second-order valence-electron chi connectivity index (χ2n) is 4.48. The van der Waals surface area contributed by atoms with Crippen LogP contribution in [0.1, 0.15) is 12.1 Å². The number of pyridine rings is 1. The maximum atomic E-state index is 4.18. The second-order valence-corrected chi connectivity index (χ2v) is 4.48. The van der Waals surface area contributed by atoms with Crippen molar-refractivity contribution in [3.8, 4) is 0 Å². The van der Waals surface area contributed by atoms with Crippen molar-refractivity contribution in [1.29, 1.82) is 0 Å². The van der Waals surface area contributed by atoms with E-state index in [9.17, 15) is 0 Å². The van der Waals surface area contributed by atoms with Crippen LogP contribution in [0, 0.1) is 12.8 Å². The summed E-state index contributed by atoms with van der Waals surface area (Å²) in [5.74, 6) is 0.795. The lowest BCUT2D eigenvalue weighted by molar-refractivity contribution is 0.399. The fourth-order valence-electron chi connectivity index (χ4n) is 2.11. The zero-order valence-corrected chi connectivity index (χ0v) is 9.53. The number of likely N-dealkylation sites (tertiary alicyclic amines) is 1. The maximum Gasteiger partial charge on any atom is 0.0393 e. The molecule has 0 spiro atoms. The monoisotopic (exact) mass is 205 g/mol. The minimum atomic E-state index is 0.795. The van der Waals surface area contributed by atoms with Gasteiger partial charge >= 0.3 is 0 Å². The van der Waals surface area contributed by atoms with Gasteiger partial charge in [-0.15, -0.1) is 0 Å². The molecule has 15 heavy (non-hydrogen) atoms. The second kappa shape index (κ2) is 4.62. The van der Waals surface area contributed by atoms with Crippen LogP contribution in [0.5, 0.6) is 0 Å². The molecule has 3 nitrogen and oxygen atoms in total. The standard InChI is InChI=1S/C12H19N3/c1-10-7-12(3-5-13-10)14-8-11-4-6-15(2)9-11/h3,5,7,11H,4,6,8-9H2,1-2H3,(H,13,14). The van der Waals surface area contributed by atoms with Crippen molar-refractivity contribution in [2.75, 3.05) is 32.0 Å². The SMILES string of the molecule is Cc1cc(NCC2CCN(C)C2)ccn1. The van der Waals surface area contributed by atoms with Gasteiger partial charge in [0.2, 0.25) is 0 Å². The molecule has 2 heterocycles. The highest BCUT2D eigenvalue weighted by molar-refractivity contribution is 5.42. The van der Waals surface area contributed by atoms with Gasteiger partial charge in [0.05, 0.1) is 0 Å². The number of hydrogen-bond acceptors (Lipinski definition) is 3. The number of aryl methyl sites for hydroxylation is 1. The van der Waals surface area contributed by atoms with E-state index in [2.05, 4.69) is 28.3 Å². The van der Waals surface area contributed by atoms with Crippen LogP contribution in [0.2, 0.25) is 0 Å². The Morgan fingerprint density at radius 1 is 1.60 bits per heavy atom. The van der Waals surface area contributed by atoms with Crippen LogP contribution >= 0.6 is 0 Å². The fourth-order valence-corrected chi connectivity index (χ4v) is 2.11. The number of nitrogens with zero attached hydrogens (tertiary/aromatic N) is 2. The van der Waals surface area contributed by atoms with Crippen molar-refractivity contribution in [2.45, 2.75) is 13.3 Å². The summed E-state index contributed by atoms with van der Waals surface area (Å²) in [6.07, 6.45) is 3.17. The first-order valence-electron chi connectivity index (χ1n) is 5.59. The van der Waals surface area contributed by atoms with Gasteiger partial charge in [0.15, 0.2) is 0 Å². The molecule has 82 valence electrons. The van der Waals surface area contributed by atoms with Crippen molar-refractivity contribution in [1.82, 2.24) is 9.88 Å². The third kappa shape index (κ3) is 2.93. The first-order chi connectivity index (χ1) is 7.24. The lowest BCUT2D eigenvalue weighted by Crippen LogP contribution is -2.19. The molecule has 2 rings (SSSR count). The van der Waals surface area contributed by atoms with Crippen molar-refractivity contribution >= 4 is 5.69 Å². The van der Waals surface area contributed by atoms with Crippen LogP contribution in [-0.4, -0.2) is 36.6 Å². The molecular weight excluding hydrogens is 186 g/mol. The first-order valence-corrected chi connectivity index (χ1v) is 5.59. The van der Waals surface area contributed by atoms with Crippen LogP contribution in [0.4, 0.5) is 5.69 Å². The van der Waals surface area contributed by atoms with Crippen molar-refractivity contribution in [2.24, 2.45) is 5.92 Å². The summed E-state index contributed by atoms with van der Waals surface area (Å²) in [5, 5.41) is 3.48. The molecule has 1 aliphatic rings. The van der Waals surface area contributed by atoms with Crippen molar-refractivity contribution in [3.63, 3.8) is 0 Å². The summed E-state index contributed by atoms with van der Waals surface area (Å²) in [5.41, 5.74) is 2.26. The number of aromatic nitrogens is 1. The van der Waals surface area contributed by atoms with E-state index in [0.717, 1.165) is 18.2 Å². The van der Waals surface area contributed by atoms with Crippen LogP contribution in [0.3, 0.4) is 0 Å². The van der Waals surface area contributed by atoms with E-state index in [1.54, 1.807) is 0 Å². The zero-order valence-electron chi connectivity index (χ0n) is 9.53. The van der Waals surface area contributed by atoms with E-state index in [-0.39, 0.29) is 0 Å². The lowest BCUT2D eigenvalue weighted by Gasteiger charge is -2.12. The molecule has 0 amide bonds. The van der Waals surface area contributed by atoms with Gasteiger partial charge in [-0.1, -0.05) is 0 Å². The third-order valence-electron chi connectivity index (χ3n) is 2.98. The van der Waals surface area contributed by atoms with E-state index in [4.69, 9.17) is 0 Å². The van der Waals surface area contributed by atoms with Gasteiger partial charge in [-0.05, 0) is 45.0 Å². The number of rotatable bonds is 3. The van der Waals surface area contributed by atoms with Gasteiger partial charge in [0.1, 0.15) is 0 Å². The highest BCUT2D eigenvalue weighted by Crippen LogP contribution is 2.15. The molecule has 0 aromatic carbocycles. The van der Waals surface area contributed by atoms with Gasteiger partial charge in [-0.3, -0.25) is 4.98 Å². The van der Waals surface area contributed by atoms with Gasteiger partial charge in [-0.2, -0.15) is 0 Å². The molecule has 0 saturated carbocycles. The molecule has 1 aromatic heterocycles. The summed E-state index contributed by atoms with van der Waals surface area (Å²) >= 11 is 0. The normalized spacial score (nSPS) is 21.9. The summed E-state index contributed by atoms with van der Waals surface area (Å²) in [4.78, 5) is 6.58. The lowest BCUT2D eigenvalue weighted by atomic mass is 10.1. The topological polar surface area (TPSA) is 28.2 Å². The average molecular weight is 205 g/mol. The predicted octanol–water partition coefficient (Wildman–Crippen LogP) is 1.75. The van der Waals surface area contributed by atoms with Gasteiger partial charge in [0, 0.05) is 30.7 Å². The number of hydrogen-bond donors (Lipinski definition) is 1. The predicted molar refractivity (Wildman–Crippen MR) is 63.1 cm³/mol. The van der Waals surface area contributed by atoms with E-state index in [1.165, 1.54) is 25.2 Å². The highest BCUT2D eigenvalue weighted by atomic mass is 15.1. The quantitative estimate of drug-likeness (QED) is 0.815. The Morgan fingerprint density at radius 3 is 3.13 bits per heavy atom. The molecule has 1 aromatic rings. The molecule has 1 aliphatic heterocycles. The Balaban J connectivity index is 1.83. The van der Waals surface area contributed by atoms with Crippen molar-refractivity contribution < 1.29 is 0 Å². The first kappa shape index (κ1) is 10.4. The van der Waals surface area contributed by atoms with E-state index >= 15 is 0 Å². The fraction of sp³-hybridized carbons (Fsp3) is 0.583. The Labute approximate surface area is 91.5 Å². The minimum Gasteiger partial charge on any atom is -0.385 e. The van der Waals surface area contributed by atoms with Gasteiger partial charge < -0.3 is 10.2 Å². The van der Waals surface area contributed by atoms with Crippen LogP contribution in [0.25, 0.3) is 0 Å². The summed E-state index contributed by atoms with van der Waals surface area (Å²) < 4.78 is 0. The summed E-state index contributed by atoms with van der Waals surface area (Å²) in [7, 11) is 2.19. The van der Waals surface area contributed by atoms with Crippen LogP contribution in [-0.2, 0) is 0 Å². The summed E-state index contributed by atoms with van der Waals surface area (Å²) in [6.45, 7) is 5.56. The Bertz CT molecular complexity index is 324. The minimum absolute atomic E-state index is 0.795. The molecule has 1 N–H and O–H groups in total. The molecule has 0 radical (unpaired) electrons. The van der Waals surface area contributed by atoms with E-state index in [0.29, 0.717) is 0 Å². The average Bonchev–Trinajstić information content (AvgIpc) is 2.62. The zero-order chi connectivity index (χ0) is 10.7. The molecule has 0 bridgehead atoms. The maximum absolute atomic E-state index is 4.18. The largest absolute Gasteiger partial charge is 0.385 e. The molecular formula is C12H19N3. The van der Waals surface area contributed by atoms with E-state index in [1.807, 2.05) is 19.2 Å². The molecule has 1 fully saturated rings. The van der Waals surface area contributed by atoms with Crippen LogP contribution in [0.15, 0.2) is 18.3 Å². The number of anilines is 1. The smallest absolute Gasteiger partial charge is 0.0393 e. The van der Waals surface area contributed by atoms with E-state index < -0.39 is 0 Å². The van der Waals surface area contributed by atoms with Gasteiger partial charge in [0.25, 0.3) is 0 Å². The molecule has 3 heteroatoms. The Kier molecular flexibility index (Phi) is 3.21. The molecule has 0 aliphatic carbocycles. The highest BCUT2D eigenvalue weighted by Gasteiger charge is 2.18. The van der Waals surface area contributed by atoms with Crippen LogP contribution < -0.4 is 5.32 Å². The molecule has 1 saturated heterocycles. The molecule has 1 unspecified atom stereocenters. The molecule has 1 atom stereocenters. The Morgan fingerprint density at radius 2 is 2.47 bits per heavy atom. The third-order valence-corrected chi connectivity index (χ3v) is 2.98.